The Morgan fingerprint density at radius 1 is 1.32 bits per heavy atom. The van der Waals surface area contributed by atoms with E-state index in [1.807, 2.05) is 6.07 Å². The van der Waals surface area contributed by atoms with Crippen molar-refractivity contribution in [2.24, 2.45) is 0 Å². The third-order valence-corrected chi connectivity index (χ3v) is 6.40. The number of nitriles is 1. The third kappa shape index (κ3) is 3.09. The fourth-order valence-electron chi connectivity index (χ4n) is 1.30. The summed E-state index contributed by atoms with van der Waals surface area (Å²) in [7, 11) is -3.71. The highest BCUT2D eigenvalue weighted by Gasteiger charge is 2.18. The Bertz CT molecular complexity index is 765. The van der Waals surface area contributed by atoms with E-state index in [0.717, 1.165) is 11.3 Å². The quantitative estimate of drug-likeness (QED) is 0.883. The van der Waals surface area contributed by atoms with E-state index in [0.29, 0.717) is 20.1 Å². The fourth-order valence-corrected chi connectivity index (χ4v) is 4.15. The lowest BCUT2D eigenvalue weighted by atomic mass is 10.3. The van der Waals surface area contributed by atoms with Crippen molar-refractivity contribution in [1.82, 2.24) is 0 Å². The van der Waals surface area contributed by atoms with Crippen molar-refractivity contribution in [2.75, 3.05) is 4.72 Å². The Kier molecular flexibility index (Phi) is 4.16. The number of rotatable bonds is 3. The molecule has 0 amide bonds. The maximum atomic E-state index is 12.1. The van der Waals surface area contributed by atoms with Gasteiger partial charge in [0, 0.05) is 0 Å². The van der Waals surface area contributed by atoms with E-state index in [9.17, 15) is 8.42 Å². The molecule has 8 heteroatoms. The van der Waals surface area contributed by atoms with Crippen LogP contribution in [0.25, 0.3) is 0 Å². The molecule has 0 radical (unpaired) electrons. The predicted molar refractivity (Wildman–Crippen MR) is 79.0 cm³/mol. The zero-order chi connectivity index (χ0) is 14.0. The normalized spacial score (nSPS) is 11.0. The molecule has 2 rings (SSSR count). The number of nitrogens with one attached hydrogen (secondary N) is 1. The summed E-state index contributed by atoms with van der Waals surface area (Å²) in [6, 6.07) is 9.63. The molecule has 19 heavy (non-hydrogen) atoms. The van der Waals surface area contributed by atoms with Gasteiger partial charge in [0.1, 0.15) is 15.2 Å². The molecule has 0 bridgehead atoms. The summed E-state index contributed by atoms with van der Waals surface area (Å²) in [5.74, 6) is 0. The molecule has 1 aromatic carbocycles. The van der Waals surface area contributed by atoms with E-state index in [1.54, 1.807) is 18.2 Å². The SMILES string of the molecule is N#Cc1ccc(S(=O)(=O)Nc2cccc(Cl)c2Br)s1. The maximum Gasteiger partial charge on any atom is 0.271 e. The number of thiophene rings is 1. The zero-order valence-electron chi connectivity index (χ0n) is 9.22. The first-order valence-electron chi connectivity index (χ1n) is 4.91. The number of benzene rings is 1. The topological polar surface area (TPSA) is 70.0 Å². The predicted octanol–water partition coefficient (Wildman–Crippen LogP) is 3.84. The molecule has 2 aromatic rings. The van der Waals surface area contributed by atoms with Gasteiger partial charge >= 0.3 is 0 Å². The fraction of sp³-hybridized carbons (Fsp3) is 0. The minimum Gasteiger partial charge on any atom is -0.278 e. The molecule has 0 saturated heterocycles. The molecule has 1 aromatic heterocycles. The van der Waals surface area contributed by atoms with E-state index in [1.165, 1.54) is 12.1 Å². The van der Waals surface area contributed by atoms with Crippen molar-refractivity contribution in [1.29, 1.82) is 5.26 Å². The van der Waals surface area contributed by atoms with Crippen LogP contribution < -0.4 is 4.72 Å². The van der Waals surface area contributed by atoms with Crippen LogP contribution in [-0.2, 0) is 10.0 Å². The van der Waals surface area contributed by atoms with Crippen molar-refractivity contribution in [3.63, 3.8) is 0 Å². The van der Waals surface area contributed by atoms with Crippen molar-refractivity contribution >= 4 is 54.6 Å². The van der Waals surface area contributed by atoms with E-state index < -0.39 is 10.0 Å². The van der Waals surface area contributed by atoms with Crippen molar-refractivity contribution in [3.8, 4) is 6.07 Å². The average Bonchev–Trinajstić information content (AvgIpc) is 2.84. The molecule has 0 spiro atoms. The Morgan fingerprint density at radius 2 is 2.05 bits per heavy atom. The van der Waals surface area contributed by atoms with Crippen LogP contribution in [0.4, 0.5) is 5.69 Å². The van der Waals surface area contributed by atoms with Crippen LogP contribution in [0.5, 0.6) is 0 Å². The summed E-state index contributed by atoms with van der Waals surface area (Å²) in [6.45, 7) is 0. The van der Waals surface area contributed by atoms with Crippen LogP contribution in [0.2, 0.25) is 5.02 Å². The van der Waals surface area contributed by atoms with Crippen LogP contribution in [0.15, 0.2) is 39.0 Å². The highest BCUT2D eigenvalue weighted by atomic mass is 79.9. The van der Waals surface area contributed by atoms with Crippen molar-refractivity contribution < 1.29 is 8.42 Å². The van der Waals surface area contributed by atoms with Crippen LogP contribution >= 0.6 is 38.9 Å². The zero-order valence-corrected chi connectivity index (χ0v) is 13.2. The van der Waals surface area contributed by atoms with Gasteiger partial charge in [0.05, 0.1) is 15.2 Å². The van der Waals surface area contributed by atoms with Gasteiger partial charge in [-0.15, -0.1) is 11.3 Å². The first kappa shape index (κ1) is 14.3. The second-order valence-corrected chi connectivity index (χ2v) is 7.63. The van der Waals surface area contributed by atoms with Crippen LogP contribution in [-0.4, -0.2) is 8.42 Å². The molecule has 0 aliphatic carbocycles. The van der Waals surface area contributed by atoms with Crippen LogP contribution in [0.3, 0.4) is 0 Å². The number of halogens is 2. The highest BCUT2D eigenvalue weighted by Crippen LogP contribution is 2.32. The lowest BCUT2D eigenvalue weighted by Gasteiger charge is -2.08. The first-order chi connectivity index (χ1) is 8.94. The highest BCUT2D eigenvalue weighted by molar-refractivity contribution is 9.10. The van der Waals surface area contributed by atoms with Crippen molar-refractivity contribution in [3.05, 3.63) is 44.7 Å². The lowest BCUT2D eigenvalue weighted by Crippen LogP contribution is -2.11. The summed E-state index contributed by atoms with van der Waals surface area (Å²) in [4.78, 5) is 0.338. The summed E-state index contributed by atoms with van der Waals surface area (Å²) < 4.78 is 27.2. The minimum atomic E-state index is -3.71. The van der Waals surface area contributed by atoms with Gasteiger partial charge in [0.25, 0.3) is 10.0 Å². The summed E-state index contributed by atoms with van der Waals surface area (Å²) in [5, 5.41) is 9.11. The smallest absolute Gasteiger partial charge is 0.271 e. The average molecular weight is 378 g/mol. The van der Waals surface area contributed by atoms with Gasteiger partial charge in [-0.1, -0.05) is 17.7 Å². The number of nitrogens with zero attached hydrogens (tertiary/aromatic N) is 1. The standard InChI is InChI=1S/C11H6BrClN2O2S2/c12-11-8(13)2-1-3-9(11)15-19(16,17)10-5-4-7(6-14)18-10/h1-5,15H. The van der Waals surface area contributed by atoms with Crippen LogP contribution in [0.1, 0.15) is 4.88 Å². The second kappa shape index (κ2) is 5.51. The molecular formula is C11H6BrClN2O2S2. The summed E-state index contributed by atoms with van der Waals surface area (Å²) in [5.41, 5.74) is 0.347. The molecule has 0 saturated carbocycles. The minimum absolute atomic E-state index is 0.0796. The number of anilines is 1. The lowest BCUT2D eigenvalue weighted by molar-refractivity contribution is 0.603. The molecule has 0 aliphatic rings. The van der Waals surface area contributed by atoms with Crippen molar-refractivity contribution in [2.45, 2.75) is 4.21 Å². The Labute approximate surface area is 127 Å². The molecule has 0 atom stereocenters. The van der Waals surface area contributed by atoms with Gasteiger partial charge in [-0.05, 0) is 40.2 Å². The number of hydrogen-bond donors (Lipinski definition) is 1. The summed E-state index contributed by atoms with van der Waals surface area (Å²) in [6.07, 6.45) is 0. The number of hydrogen-bond acceptors (Lipinski definition) is 4. The van der Waals surface area contributed by atoms with Gasteiger partial charge in [-0.2, -0.15) is 5.26 Å². The van der Waals surface area contributed by atoms with E-state index in [-0.39, 0.29) is 4.21 Å². The van der Waals surface area contributed by atoms with E-state index >= 15 is 0 Å². The largest absolute Gasteiger partial charge is 0.278 e. The second-order valence-electron chi connectivity index (χ2n) is 3.44. The number of sulfonamides is 1. The van der Waals surface area contributed by atoms with Gasteiger partial charge in [-0.25, -0.2) is 8.42 Å². The third-order valence-electron chi connectivity index (χ3n) is 2.15. The molecule has 0 unspecified atom stereocenters. The first-order valence-corrected chi connectivity index (χ1v) is 8.38. The molecule has 98 valence electrons. The molecule has 4 nitrogen and oxygen atoms in total. The molecule has 0 aliphatic heterocycles. The van der Waals surface area contributed by atoms with Gasteiger partial charge in [0.2, 0.25) is 0 Å². The molecule has 1 heterocycles. The van der Waals surface area contributed by atoms with E-state index in [2.05, 4.69) is 20.7 Å². The summed E-state index contributed by atoms with van der Waals surface area (Å²) >= 11 is 10.0. The van der Waals surface area contributed by atoms with E-state index in [4.69, 9.17) is 16.9 Å². The Hall–Kier alpha value is -1.07. The van der Waals surface area contributed by atoms with Gasteiger partial charge in [-0.3, -0.25) is 4.72 Å². The molecule has 1 N–H and O–H groups in total. The van der Waals surface area contributed by atoms with Crippen LogP contribution in [0, 0.1) is 11.3 Å². The maximum absolute atomic E-state index is 12.1. The molecule has 0 fully saturated rings. The molecular weight excluding hydrogens is 372 g/mol. The van der Waals surface area contributed by atoms with Gasteiger partial charge in [0.15, 0.2) is 0 Å². The Balaban J connectivity index is 2.37. The van der Waals surface area contributed by atoms with Gasteiger partial charge < -0.3 is 0 Å². The monoisotopic (exact) mass is 376 g/mol. The Morgan fingerprint density at radius 3 is 2.68 bits per heavy atom.